The Morgan fingerprint density at radius 1 is 1.69 bits per heavy atom. The maximum absolute atomic E-state index is 11.4. The van der Waals surface area contributed by atoms with Gasteiger partial charge in [0.25, 0.3) is 5.56 Å². The molecular weight excluding hydrogens is 210 g/mol. The lowest BCUT2D eigenvalue weighted by Crippen LogP contribution is -2.28. The average Bonchev–Trinajstić information content (AvgIpc) is 2.98. The zero-order chi connectivity index (χ0) is 11.7. The van der Waals surface area contributed by atoms with Crippen LogP contribution in [0.25, 0.3) is 0 Å². The molecule has 1 fully saturated rings. The number of H-pyrrole nitrogens is 1. The quantitative estimate of drug-likeness (QED) is 0.759. The van der Waals surface area contributed by atoms with Gasteiger partial charge in [-0.25, -0.2) is 4.98 Å². The van der Waals surface area contributed by atoms with Gasteiger partial charge in [0.05, 0.1) is 0 Å². The van der Waals surface area contributed by atoms with Crippen molar-refractivity contribution in [1.29, 1.82) is 0 Å². The lowest BCUT2D eigenvalue weighted by molar-refractivity contribution is -0.135. The minimum absolute atomic E-state index is 0.166. The van der Waals surface area contributed by atoms with Crippen LogP contribution in [0.1, 0.15) is 24.6 Å². The number of aromatic nitrogens is 2. The van der Waals surface area contributed by atoms with Crippen molar-refractivity contribution in [2.45, 2.75) is 18.8 Å². The van der Waals surface area contributed by atoms with Gasteiger partial charge < -0.3 is 15.0 Å². The Morgan fingerprint density at radius 3 is 2.94 bits per heavy atom. The highest BCUT2D eigenvalue weighted by molar-refractivity contribution is 5.72. The molecule has 2 N–H and O–H groups in total. The summed E-state index contributed by atoms with van der Waals surface area (Å²) in [6.45, 7) is -0.166. The van der Waals surface area contributed by atoms with E-state index in [-0.39, 0.29) is 12.1 Å². The monoisotopic (exact) mass is 223 g/mol. The molecule has 1 aliphatic carbocycles. The molecule has 0 radical (unpaired) electrons. The Bertz CT molecular complexity index is 465. The molecule has 0 bridgehead atoms. The highest BCUT2D eigenvalue weighted by Gasteiger charge is 2.26. The zero-order valence-corrected chi connectivity index (χ0v) is 8.93. The molecule has 0 aromatic carbocycles. The molecule has 0 amide bonds. The number of hydrogen-bond donors (Lipinski definition) is 2. The molecule has 1 aromatic rings. The predicted octanol–water partition coefficient (Wildman–Crippen LogP) is 0.168. The number of likely N-dealkylation sites (N-methyl/N-ethyl adjacent to an activating group) is 1. The van der Waals surface area contributed by atoms with Crippen LogP contribution in [-0.4, -0.2) is 34.6 Å². The number of nitrogens with zero attached hydrogens (tertiary/aromatic N) is 2. The molecule has 6 heteroatoms. The molecule has 0 spiro atoms. The zero-order valence-electron chi connectivity index (χ0n) is 8.93. The van der Waals surface area contributed by atoms with Crippen LogP contribution < -0.4 is 10.5 Å². The van der Waals surface area contributed by atoms with Gasteiger partial charge in [0.1, 0.15) is 18.2 Å². The van der Waals surface area contributed by atoms with Crippen molar-refractivity contribution in [2.24, 2.45) is 0 Å². The summed E-state index contributed by atoms with van der Waals surface area (Å²) in [5.41, 5.74) is -0.232. The van der Waals surface area contributed by atoms with Crippen LogP contribution in [0.15, 0.2) is 10.9 Å². The molecule has 2 rings (SSSR count). The van der Waals surface area contributed by atoms with Gasteiger partial charge in [0, 0.05) is 19.0 Å². The number of aromatic amines is 1. The van der Waals surface area contributed by atoms with Gasteiger partial charge in [-0.15, -0.1) is 0 Å². The van der Waals surface area contributed by atoms with Gasteiger partial charge in [-0.3, -0.25) is 9.59 Å². The highest BCUT2D eigenvalue weighted by atomic mass is 16.4. The van der Waals surface area contributed by atoms with E-state index in [0.717, 1.165) is 12.8 Å². The highest BCUT2D eigenvalue weighted by Crippen LogP contribution is 2.37. The molecule has 1 aromatic heterocycles. The van der Waals surface area contributed by atoms with Crippen molar-refractivity contribution in [2.75, 3.05) is 18.5 Å². The molecule has 0 atom stereocenters. The molecule has 1 saturated carbocycles. The fourth-order valence-corrected chi connectivity index (χ4v) is 1.49. The van der Waals surface area contributed by atoms with Gasteiger partial charge in [0.15, 0.2) is 0 Å². The van der Waals surface area contributed by atoms with E-state index < -0.39 is 5.97 Å². The summed E-state index contributed by atoms with van der Waals surface area (Å²) in [5, 5.41) is 8.65. The van der Waals surface area contributed by atoms with E-state index in [1.807, 2.05) is 0 Å². The summed E-state index contributed by atoms with van der Waals surface area (Å²) in [6, 6.07) is 1.31. The van der Waals surface area contributed by atoms with E-state index in [0.29, 0.717) is 17.6 Å². The van der Waals surface area contributed by atoms with Crippen LogP contribution in [0, 0.1) is 0 Å². The Morgan fingerprint density at radius 2 is 2.38 bits per heavy atom. The van der Waals surface area contributed by atoms with E-state index >= 15 is 0 Å². The standard InChI is InChI=1S/C10H13N3O3/c1-13(5-9(15)16)7-4-8(14)12-10(11-7)6-2-3-6/h4,6H,2-3,5H2,1H3,(H,15,16)(H,11,12,14). The fourth-order valence-electron chi connectivity index (χ4n) is 1.49. The van der Waals surface area contributed by atoms with Crippen LogP contribution in [0.4, 0.5) is 5.82 Å². The molecule has 0 unspecified atom stereocenters. The molecule has 1 heterocycles. The van der Waals surface area contributed by atoms with E-state index in [9.17, 15) is 9.59 Å². The molecule has 86 valence electrons. The molecule has 1 aliphatic rings. The van der Waals surface area contributed by atoms with E-state index in [2.05, 4.69) is 9.97 Å². The molecule has 0 saturated heterocycles. The van der Waals surface area contributed by atoms with Crippen molar-refractivity contribution in [1.82, 2.24) is 9.97 Å². The first-order valence-corrected chi connectivity index (χ1v) is 5.10. The summed E-state index contributed by atoms with van der Waals surface area (Å²) >= 11 is 0. The number of carboxylic acids is 1. The number of aliphatic carboxylic acids is 1. The summed E-state index contributed by atoms with van der Waals surface area (Å²) in [6.07, 6.45) is 2.07. The number of hydrogen-bond acceptors (Lipinski definition) is 4. The van der Waals surface area contributed by atoms with Crippen LogP contribution >= 0.6 is 0 Å². The fraction of sp³-hybridized carbons (Fsp3) is 0.500. The minimum atomic E-state index is -0.947. The number of rotatable bonds is 4. The van der Waals surface area contributed by atoms with Gasteiger partial charge in [-0.2, -0.15) is 0 Å². The van der Waals surface area contributed by atoms with E-state index in [1.165, 1.54) is 11.0 Å². The second-order valence-electron chi connectivity index (χ2n) is 4.01. The Kier molecular flexibility index (Phi) is 2.64. The van der Waals surface area contributed by atoms with Crippen LogP contribution in [0.2, 0.25) is 0 Å². The van der Waals surface area contributed by atoms with Gasteiger partial charge in [-0.1, -0.05) is 0 Å². The third-order valence-corrected chi connectivity index (χ3v) is 2.47. The number of anilines is 1. The first-order chi connectivity index (χ1) is 7.56. The summed E-state index contributed by atoms with van der Waals surface area (Å²) in [5.74, 6) is 0.469. The molecule has 6 nitrogen and oxygen atoms in total. The molecule has 0 aliphatic heterocycles. The van der Waals surface area contributed by atoms with Crippen molar-refractivity contribution >= 4 is 11.8 Å². The lowest BCUT2D eigenvalue weighted by Gasteiger charge is -2.15. The largest absolute Gasteiger partial charge is 0.480 e. The van der Waals surface area contributed by atoms with Crippen molar-refractivity contribution in [3.05, 3.63) is 22.2 Å². The van der Waals surface area contributed by atoms with E-state index in [1.54, 1.807) is 7.05 Å². The van der Waals surface area contributed by atoms with Crippen molar-refractivity contribution < 1.29 is 9.90 Å². The molecule has 16 heavy (non-hydrogen) atoms. The summed E-state index contributed by atoms with van der Waals surface area (Å²) in [4.78, 5) is 30.3. The topological polar surface area (TPSA) is 86.3 Å². The second-order valence-corrected chi connectivity index (χ2v) is 4.01. The number of carbonyl (C=O) groups is 1. The van der Waals surface area contributed by atoms with E-state index in [4.69, 9.17) is 5.11 Å². The van der Waals surface area contributed by atoms with Gasteiger partial charge >= 0.3 is 5.97 Å². The van der Waals surface area contributed by atoms with Crippen LogP contribution in [0.3, 0.4) is 0 Å². The Balaban J connectivity index is 2.25. The SMILES string of the molecule is CN(CC(=O)O)c1cc(=O)[nH]c(C2CC2)n1. The Labute approximate surface area is 91.9 Å². The second kappa shape index (κ2) is 3.96. The summed E-state index contributed by atoms with van der Waals surface area (Å²) in [7, 11) is 1.60. The Hall–Kier alpha value is -1.85. The first-order valence-electron chi connectivity index (χ1n) is 5.10. The third kappa shape index (κ3) is 2.39. The molecular formula is C10H13N3O3. The van der Waals surface area contributed by atoms with Crippen LogP contribution in [0.5, 0.6) is 0 Å². The van der Waals surface area contributed by atoms with Crippen molar-refractivity contribution in [3.8, 4) is 0 Å². The average molecular weight is 223 g/mol. The van der Waals surface area contributed by atoms with Crippen LogP contribution in [-0.2, 0) is 4.79 Å². The lowest BCUT2D eigenvalue weighted by atomic mass is 10.4. The minimum Gasteiger partial charge on any atom is -0.480 e. The van der Waals surface area contributed by atoms with Gasteiger partial charge in [-0.05, 0) is 12.8 Å². The number of carboxylic acid groups (broad SMARTS) is 1. The first kappa shape index (κ1) is 10.7. The van der Waals surface area contributed by atoms with Crippen molar-refractivity contribution in [3.63, 3.8) is 0 Å². The summed E-state index contributed by atoms with van der Waals surface area (Å²) < 4.78 is 0. The predicted molar refractivity (Wildman–Crippen MR) is 57.7 cm³/mol. The van der Waals surface area contributed by atoms with Gasteiger partial charge in [0.2, 0.25) is 0 Å². The third-order valence-electron chi connectivity index (χ3n) is 2.47. The maximum atomic E-state index is 11.4. The number of nitrogens with one attached hydrogen (secondary N) is 1. The normalized spacial score (nSPS) is 14.8. The smallest absolute Gasteiger partial charge is 0.323 e. The maximum Gasteiger partial charge on any atom is 0.323 e.